The Bertz CT molecular complexity index is 437. The van der Waals surface area contributed by atoms with Crippen LogP contribution in [0.25, 0.3) is 0 Å². The van der Waals surface area contributed by atoms with Crippen molar-refractivity contribution in [3.63, 3.8) is 0 Å². The van der Waals surface area contributed by atoms with Gasteiger partial charge in [-0.25, -0.2) is 0 Å². The van der Waals surface area contributed by atoms with Crippen LogP contribution in [-0.2, 0) is 4.57 Å². The lowest BCUT2D eigenvalue weighted by Gasteiger charge is -2.32. The first-order chi connectivity index (χ1) is 13.3. The van der Waals surface area contributed by atoms with Crippen LogP contribution in [0.5, 0.6) is 0 Å². The standard InChI is InChI=1S/C21H43O6P/c1-2-3-4-5-6-7-8-9-10-11-12-13-14-15-16-17-18-21(24,20(23)19-22)28(25,26)27/h9-10,20,22-24H,2-8,11-19H2,1H3,(H2,25,26,27)/b10-9-. The minimum atomic E-state index is -4.91. The summed E-state index contributed by atoms with van der Waals surface area (Å²) in [6.07, 6.45) is 18.1. The zero-order valence-electron chi connectivity index (χ0n) is 17.6. The summed E-state index contributed by atoms with van der Waals surface area (Å²) >= 11 is 0. The number of rotatable bonds is 19. The summed E-state index contributed by atoms with van der Waals surface area (Å²) in [6, 6.07) is 0. The zero-order valence-corrected chi connectivity index (χ0v) is 18.5. The number of unbranched alkanes of at least 4 members (excludes halogenated alkanes) is 12. The molecule has 7 heteroatoms. The van der Waals surface area contributed by atoms with Crippen molar-refractivity contribution in [2.75, 3.05) is 6.61 Å². The molecule has 5 N–H and O–H groups in total. The van der Waals surface area contributed by atoms with Crippen LogP contribution in [0.2, 0.25) is 0 Å². The van der Waals surface area contributed by atoms with Crippen LogP contribution in [0.3, 0.4) is 0 Å². The van der Waals surface area contributed by atoms with E-state index in [1.54, 1.807) is 0 Å². The second-order valence-electron chi connectivity index (χ2n) is 7.81. The third-order valence-electron chi connectivity index (χ3n) is 5.27. The highest BCUT2D eigenvalue weighted by Gasteiger charge is 2.50. The Hall–Kier alpha value is -0.230. The van der Waals surface area contributed by atoms with Crippen LogP contribution < -0.4 is 0 Å². The normalized spacial score (nSPS) is 15.8. The van der Waals surface area contributed by atoms with Gasteiger partial charge in [0.05, 0.1) is 6.61 Å². The zero-order chi connectivity index (χ0) is 21.3. The highest BCUT2D eigenvalue weighted by Crippen LogP contribution is 2.53. The van der Waals surface area contributed by atoms with E-state index in [9.17, 15) is 24.6 Å². The van der Waals surface area contributed by atoms with Gasteiger partial charge in [0.2, 0.25) is 0 Å². The van der Waals surface area contributed by atoms with Crippen LogP contribution >= 0.6 is 7.60 Å². The summed E-state index contributed by atoms with van der Waals surface area (Å²) < 4.78 is 11.4. The minimum Gasteiger partial charge on any atom is -0.394 e. The molecular weight excluding hydrogens is 379 g/mol. The summed E-state index contributed by atoms with van der Waals surface area (Å²) in [4.78, 5) is 18.5. The summed E-state index contributed by atoms with van der Waals surface area (Å²) in [7, 11) is -4.91. The van der Waals surface area contributed by atoms with Crippen molar-refractivity contribution in [1.29, 1.82) is 0 Å². The molecule has 6 nitrogen and oxygen atoms in total. The lowest BCUT2D eigenvalue weighted by Crippen LogP contribution is -2.44. The third kappa shape index (κ3) is 12.4. The monoisotopic (exact) mass is 422 g/mol. The number of allylic oxidation sites excluding steroid dienone is 2. The second kappa shape index (κ2) is 16.6. The number of aliphatic hydroxyl groups is 3. The summed E-state index contributed by atoms with van der Waals surface area (Å²) in [5.41, 5.74) is 0. The van der Waals surface area contributed by atoms with Crippen molar-refractivity contribution in [3.05, 3.63) is 12.2 Å². The molecule has 2 atom stereocenters. The SMILES string of the molecule is CCCCCCCC/C=C\CCCCCCCCC(O)(C(O)CO)P(=O)(O)O. The molecule has 0 saturated carbocycles. The molecule has 0 aromatic heterocycles. The fourth-order valence-electron chi connectivity index (χ4n) is 3.29. The molecule has 0 aliphatic heterocycles. The molecule has 0 heterocycles. The van der Waals surface area contributed by atoms with Gasteiger partial charge >= 0.3 is 7.60 Å². The van der Waals surface area contributed by atoms with Gasteiger partial charge in [0.1, 0.15) is 6.10 Å². The fraction of sp³-hybridized carbons (Fsp3) is 0.905. The molecule has 0 fully saturated rings. The van der Waals surface area contributed by atoms with E-state index in [0.717, 1.165) is 38.5 Å². The number of hydrogen-bond acceptors (Lipinski definition) is 4. The maximum absolute atomic E-state index is 11.4. The Morgan fingerprint density at radius 3 is 1.68 bits per heavy atom. The first-order valence-corrected chi connectivity index (χ1v) is 12.6. The molecule has 28 heavy (non-hydrogen) atoms. The Morgan fingerprint density at radius 1 is 0.821 bits per heavy atom. The van der Waals surface area contributed by atoms with Crippen molar-refractivity contribution in [1.82, 2.24) is 0 Å². The Labute approximate surface area is 171 Å². The van der Waals surface area contributed by atoms with Crippen LogP contribution in [0.4, 0.5) is 0 Å². The van der Waals surface area contributed by atoms with Crippen molar-refractivity contribution in [2.45, 2.75) is 115 Å². The molecule has 0 aliphatic carbocycles. The number of aliphatic hydroxyl groups excluding tert-OH is 2. The Balaban J connectivity index is 3.64. The Morgan fingerprint density at radius 2 is 1.25 bits per heavy atom. The molecule has 0 spiro atoms. The van der Waals surface area contributed by atoms with Gasteiger partial charge in [0.15, 0.2) is 5.34 Å². The van der Waals surface area contributed by atoms with Crippen LogP contribution in [0.1, 0.15) is 103 Å². The van der Waals surface area contributed by atoms with Crippen LogP contribution in [0.15, 0.2) is 12.2 Å². The van der Waals surface area contributed by atoms with Gasteiger partial charge in [0, 0.05) is 0 Å². The predicted octanol–water partition coefficient (Wildman–Crippen LogP) is 4.63. The molecular formula is C21H43O6P. The van der Waals surface area contributed by atoms with Gasteiger partial charge in [0.25, 0.3) is 0 Å². The summed E-state index contributed by atoms with van der Waals surface area (Å²) in [5, 5.41) is 25.9. The van der Waals surface area contributed by atoms with Gasteiger partial charge in [-0.2, -0.15) is 0 Å². The van der Waals surface area contributed by atoms with Crippen molar-refractivity contribution < 1.29 is 29.7 Å². The first kappa shape index (κ1) is 27.8. The molecule has 0 saturated heterocycles. The molecule has 0 radical (unpaired) electrons. The van der Waals surface area contributed by atoms with Crippen molar-refractivity contribution in [3.8, 4) is 0 Å². The van der Waals surface area contributed by atoms with E-state index in [4.69, 9.17) is 5.11 Å². The highest BCUT2D eigenvalue weighted by atomic mass is 31.2. The molecule has 0 rings (SSSR count). The lowest BCUT2D eigenvalue weighted by atomic mass is 10.0. The highest BCUT2D eigenvalue weighted by molar-refractivity contribution is 7.53. The van der Waals surface area contributed by atoms with E-state index < -0.39 is 25.6 Å². The lowest BCUT2D eigenvalue weighted by molar-refractivity contribution is -0.0604. The smallest absolute Gasteiger partial charge is 0.359 e. The molecule has 0 aliphatic rings. The molecule has 0 bridgehead atoms. The average Bonchev–Trinajstić information content (AvgIpc) is 2.65. The average molecular weight is 423 g/mol. The maximum atomic E-state index is 11.4. The fourth-order valence-corrected chi connectivity index (χ4v) is 4.20. The summed E-state index contributed by atoms with van der Waals surface area (Å²) in [5.74, 6) is 0. The predicted molar refractivity (Wildman–Crippen MR) is 114 cm³/mol. The molecule has 2 unspecified atom stereocenters. The topological polar surface area (TPSA) is 118 Å². The van der Waals surface area contributed by atoms with Gasteiger partial charge in [-0.05, 0) is 38.5 Å². The van der Waals surface area contributed by atoms with Gasteiger partial charge in [-0.15, -0.1) is 0 Å². The van der Waals surface area contributed by atoms with Crippen LogP contribution in [0, 0.1) is 0 Å². The molecule has 0 aromatic rings. The Kier molecular flexibility index (Phi) is 16.4. The van der Waals surface area contributed by atoms with Gasteiger partial charge in [-0.1, -0.05) is 76.9 Å². The van der Waals surface area contributed by atoms with Gasteiger partial charge < -0.3 is 25.1 Å². The van der Waals surface area contributed by atoms with Crippen molar-refractivity contribution in [2.24, 2.45) is 0 Å². The summed E-state index contributed by atoms with van der Waals surface area (Å²) in [6.45, 7) is 1.35. The minimum absolute atomic E-state index is 0.222. The number of hydrogen-bond donors (Lipinski definition) is 5. The van der Waals surface area contributed by atoms with E-state index in [2.05, 4.69) is 19.1 Å². The van der Waals surface area contributed by atoms with E-state index in [0.29, 0.717) is 6.42 Å². The molecule has 0 amide bonds. The second-order valence-corrected chi connectivity index (χ2v) is 9.67. The largest absolute Gasteiger partial charge is 0.394 e. The molecule has 0 aromatic carbocycles. The molecule has 168 valence electrons. The van der Waals surface area contributed by atoms with E-state index in [-0.39, 0.29) is 6.42 Å². The van der Waals surface area contributed by atoms with Crippen molar-refractivity contribution >= 4 is 7.60 Å². The quantitative estimate of drug-likeness (QED) is 0.118. The first-order valence-electron chi connectivity index (χ1n) is 11.0. The maximum Gasteiger partial charge on any atom is 0.359 e. The third-order valence-corrected chi connectivity index (χ3v) is 6.80. The van der Waals surface area contributed by atoms with E-state index in [1.165, 1.54) is 44.9 Å². The van der Waals surface area contributed by atoms with E-state index in [1.807, 2.05) is 0 Å². The van der Waals surface area contributed by atoms with Crippen LogP contribution in [-0.4, -0.2) is 43.2 Å². The van der Waals surface area contributed by atoms with Gasteiger partial charge in [-0.3, -0.25) is 4.57 Å². The van der Waals surface area contributed by atoms with E-state index >= 15 is 0 Å².